The van der Waals surface area contributed by atoms with Crippen LogP contribution in [0.3, 0.4) is 0 Å². The molecule has 0 spiro atoms. The van der Waals surface area contributed by atoms with Crippen LogP contribution in [0.25, 0.3) is 0 Å². The van der Waals surface area contributed by atoms with Crippen molar-refractivity contribution in [2.24, 2.45) is 0 Å². The summed E-state index contributed by atoms with van der Waals surface area (Å²) < 4.78 is 1.53. The van der Waals surface area contributed by atoms with Crippen molar-refractivity contribution in [3.8, 4) is 5.75 Å². The lowest BCUT2D eigenvalue weighted by molar-refractivity contribution is 0.467. The van der Waals surface area contributed by atoms with E-state index in [4.69, 9.17) is 0 Å². The van der Waals surface area contributed by atoms with Crippen molar-refractivity contribution in [2.45, 2.75) is 45.4 Å². The number of hydrogen-bond acceptors (Lipinski definition) is 1. The first-order valence-corrected chi connectivity index (χ1v) is 7.32. The third-order valence-corrected chi connectivity index (χ3v) is 4.06. The molecule has 0 amide bonds. The van der Waals surface area contributed by atoms with E-state index in [-0.39, 0.29) is 5.75 Å². The molecule has 0 saturated carbocycles. The Bertz CT molecular complexity index is 327. The molecule has 0 heterocycles. The zero-order chi connectivity index (χ0) is 12.1. The van der Waals surface area contributed by atoms with Crippen LogP contribution in [0.2, 0.25) is 0 Å². The Balaban J connectivity index is 2.72. The highest BCUT2D eigenvalue weighted by Crippen LogP contribution is 2.36. The number of unbranched alkanes of at least 4 members (excludes halogenated alkanes) is 2. The lowest BCUT2D eigenvalue weighted by Crippen LogP contribution is -1.94. The first-order valence-electron chi connectivity index (χ1n) is 5.74. The minimum Gasteiger partial charge on any atom is -0.506 e. The highest BCUT2D eigenvalue weighted by molar-refractivity contribution is 9.11. The average Bonchev–Trinajstić information content (AvgIpc) is 2.25. The molecule has 90 valence electrons. The standard InChI is InChI=1S/C13H18Br2O/c1-3-4-5-6-9(2)10-7-11(14)13(16)12(15)8-10/h7-9,16H,3-6H2,1-2H3. The predicted octanol–water partition coefficient (Wildman–Crippen LogP) is 5.60. The highest BCUT2D eigenvalue weighted by Gasteiger charge is 2.10. The van der Waals surface area contributed by atoms with Gasteiger partial charge >= 0.3 is 0 Å². The second-order valence-electron chi connectivity index (χ2n) is 4.23. The molecule has 0 radical (unpaired) electrons. The van der Waals surface area contributed by atoms with Crippen molar-refractivity contribution in [1.29, 1.82) is 0 Å². The zero-order valence-corrected chi connectivity index (χ0v) is 12.9. The van der Waals surface area contributed by atoms with E-state index in [1.807, 2.05) is 12.1 Å². The van der Waals surface area contributed by atoms with Gasteiger partial charge in [-0.05, 0) is 61.9 Å². The van der Waals surface area contributed by atoms with E-state index in [0.29, 0.717) is 5.92 Å². The quantitative estimate of drug-likeness (QED) is 0.686. The van der Waals surface area contributed by atoms with E-state index in [0.717, 1.165) is 8.95 Å². The van der Waals surface area contributed by atoms with Crippen molar-refractivity contribution in [3.63, 3.8) is 0 Å². The molecule has 0 aliphatic carbocycles. The summed E-state index contributed by atoms with van der Waals surface area (Å²) in [6, 6.07) is 4.02. The number of phenolic OH excluding ortho intramolecular Hbond substituents is 1. The van der Waals surface area contributed by atoms with Gasteiger partial charge in [0.15, 0.2) is 0 Å². The fourth-order valence-corrected chi connectivity index (χ4v) is 2.96. The number of rotatable bonds is 5. The van der Waals surface area contributed by atoms with E-state index < -0.39 is 0 Å². The molecule has 1 unspecified atom stereocenters. The van der Waals surface area contributed by atoms with E-state index >= 15 is 0 Å². The lowest BCUT2D eigenvalue weighted by atomic mass is 9.95. The number of hydrogen-bond donors (Lipinski definition) is 1. The third kappa shape index (κ3) is 3.77. The fourth-order valence-electron chi connectivity index (χ4n) is 1.74. The van der Waals surface area contributed by atoms with Crippen LogP contribution in [-0.2, 0) is 0 Å². The summed E-state index contributed by atoms with van der Waals surface area (Å²) in [5.74, 6) is 0.823. The van der Waals surface area contributed by atoms with Crippen molar-refractivity contribution >= 4 is 31.9 Å². The maximum atomic E-state index is 9.63. The molecule has 1 aromatic rings. The van der Waals surface area contributed by atoms with Gasteiger partial charge in [0.1, 0.15) is 5.75 Å². The number of benzene rings is 1. The summed E-state index contributed by atoms with van der Waals surface area (Å²) in [5, 5.41) is 9.63. The van der Waals surface area contributed by atoms with Gasteiger partial charge in [0.2, 0.25) is 0 Å². The minimum atomic E-state index is 0.282. The van der Waals surface area contributed by atoms with Crippen LogP contribution in [0.1, 0.15) is 51.0 Å². The van der Waals surface area contributed by atoms with Gasteiger partial charge < -0.3 is 5.11 Å². The Morgan fingerprint density at radius 2 is 1.75 bits per heavy atom. The van der Waals surface area contributed by atoms with Crippen molar-refractivity contribution in [2.75, 3.05) is 0 Å². The second-order valence-corrected chi connectivity index (χ2v) is 5.94. The molecule has 16 heavy (non-hydrogen) atoms. The molecule has 1 aromatic carbocycles. The Morgan fingerprint density at radius 1 is 1.19 bits per heavy atom. The molecule has 1 atom stereocenters. The lowest BCUT2D eigenvalue weighted by Gasteiger charge is -2.13. The number of phenols is 1. The van der Waals surface area contributed by atoms with Crippen LogP contribution >= 0.6 is 31.9 Å². The average molecular weight is 350 g/mol. The topological polar surface area (TPSA) is 20.2 Å². The first kappa shape index (κ1) is 14.0. The molecular formula is C13H18Br2O. The Kier molecular flexibility index (Phi) is 5.84. The minimum absolute atomic E-state index is 0.282. The fraction of sp³-hybridized carbons (Fsp3) is 0.538. The molecule has 0 aliphatic heterocycles. The zero-order valence-electron chi connectivity index (χ0n) is 9.76. The van der Waals surface area contributed by atoms with Gasteiger partial charge in [-0.2, -0.15) is 0 Å². The summed E-state index contributed by atoms with van der Waals surface area (Å²) >= 11 is 6.73. The number of halogens is 2. The van der Waals surface area contributed by atoms with Crippen molar-refractivity contribution in [1.82, 2.24) is 0 Å². The molecule has 3 heteroatoms. The third-order valence-electron chi connectivity index (χ3n) is 2.85. The van der Waals surface area contributed by atoms with Gasteiger partial charge in [-0.25, -0.2) is 0 Å². The van der Waals surface area contributed by atoms with Crippen LogP contribution in [0.4, 0.5) is 0 Å². The van der Waals surface area contributed by atoms with Gasteiger partial charge in [-0.3, -0.25) is 0 Å². The molecule has 0 aliphatic rings. The molecule has 0 bridgehead atoms. The molecular weight excluding hydrogens is 332 g/mol. The first-order chi connectivity index (χ1) is 7.56. The van der Waals surface area contributed by atoms with Crippen LogP contribution in [-0.4, -0.2) is 5.11 Å². The molecule has 1 rings (SSSR count). The van der Waals surface area contributed by atoms with Gasteiger partial charge in [0, 0.05) is 0 Å². The summed E-state index contributed by atoms with van der Waals surface area (Å²) in [6.07, 6.45) is 5.03. The van der Waals surface area contributed by atoms with Crippen LogP contribution in [0, 0.1) is 0 Å². The van der Waals surface area contributed by atoms with Gasteiger partial charge in [-0.15, -0.1) is 0 Å². The maximum Gasteiger partial charge on any atom is 0.143 e. The maximum absolute atomic E-state index is 9.63. The van der Waals surface area contributed by atoms with E-state index in [2.05, 4.69) is 45.7 Å². The second kappa shape index (κ2) is 6.65. The van der Waals surface area contributed by atoms with Gasteiger partial charge in [0.05, 0.1) is 8.95 Å². The van der Waals surface area contributed by atoms with Gasteiger partial charge in [0.25, 0.3) is 0 Å². The molecule has 1 N–H and O–H groups in total. The Morgan fingerprint density at radius 3 is 2.25 bits per heavy atom. The Hall–Kier alpha value is -0.0200. The molecule has 0 saturated heterocycles. The van der Waals surface area contributed by atoms with Crippen LogP contribution in [0.15, 0.2) is 21.1 Å². The molecule has 0 fully saturated rings. The monoisotopic (exact) mass is 348 g/mol. The summed E-state index contributed by atoms with van der Waals surface area (Å²) in [6.45, 7) is 4.46. The SMILES string of the molecule is CCCCCC(C)c1cc(Br)c(O)c(Br)c1. The van der Waals surface area contributed by atoms with Crippen LogP contribution in [0.5, 0.6) is 5.75 Å². The summed E-state index contributed by atoms with van der Waals surface area (Å²) in [7, 11) is 0. The largest absolute Gasteiger partial charge is 0.506 e. The van der Waals surface area contributed by atoms with Crippen molar-refractivity contribution in [3.05, 3.63) is 26.6 Å². The summed E-state index contributed by atoms with van der Waals surface area (Å²) in [4.78, 5) is 0. The smallest absolute Gasteiger partial charge is 0.143 e. The normalized spacial score (nSPS) is 12.8. The highest BCUT2D eigenvalue weighted by atomic mass is 79.9. The van der Waals surface area contributed by atoms with E-state index in [9.17, 15) is 5.11 Å². The van der Waals surface area contributed by atoms with E-state index in [1.165, 1.54) is 31.2 Å². The predicted molar refractivity (Wildman–Crippen MR) is 76.1 cm³/mol. The van der Waals surface area contributed by atoms with Gasteiger partial charge in [-0.1, -0.05) is 33.1 Å². The number of aromatic hydroxyl groups is 1. The molecule has 0 aromatic heterocycles. The van der Waals surface area contributed by atoms with Crippen LogP contribution < -0.4 is 0 Å². The Labute approximate surface area is 115 Å². The van der Waals surface area contributed by atoms with E-state index in [1.54, 1.807) is 0 Å². The van der Waals surface area contributed by atoms with Crippen molar-refractivity contribution < 1.29 is 5.11 Å². The molecule has 1 nitrogen and oxygen atoms in total. The summed E-state index contributed by atoms with van der Waals surface area (Å²) in [5.41, 5.74) is 1.27.